The molecule has 7 heteroatoms. The van der Waals surface area contributed by atoms with E-state index in [9.17, 15) is 0 Å². The quantitative estimate of drug-likeness (QED) is 0.221. The summed E-state index contributed by atoms with van der Waals surface area (Å²) in [6.45, 7) is 0. The van der Waals surface area contributed by atoms with Gasteiger partial charge in [-0.05, 0) is 0 Å². The summed E-state index contributed by atoms with van der Waals surface area (Å²) in [5.41, 5.74) is 0. The Balaban J connectivity index is 3.66. The normalized spacial score (nSPS) is 12.3. The molecule has 0 bridgehead atoms. The number of nitrogens with zero attached hydrogens (tertiary/aromatic N) is 3. The van der Waals surface area contributed by atoms with Gasteiger partial charge in [-0.1, -0.05) is 0 Å². The summed E-state index contributed by atoms with van der Waals surface area (Å²) in [4.78, 5) is 16.9. The molecule has 12 heavy (non-hydrogen) atoms. The maximum atomic E-state index is 5.09. The Kier molecular flexibility index (Phi) is 7.23. The number of alkyl halides is 1. The van der Waals surface area contributed by atoms with Gasteiger partial charge in [0.1, 0.15) is 0 Å². The zero-order valence-corrected chi connectivity index (χ0v) is 10.1. The fourth-order valence-corrected chi connectivity index (χ4v) is 0.658. The second-order valence-electron chi connectivity index (χ2n) is 1.97. The van der Waals surface area contributed by atoms with E-state index in [4.69, 9.17) is 14.7 Å². The number of hydroxylamine groups is 3. The number of hydrogen-bond acceptors (Lipinski definition) is 6. The van der Waals surface area contributed by atoms with Crippen molar-refractivity contribution in [3.05, 3.63) is 0 Å². The van der Waals surface area contributed by atoms with Crippen molar-refractivity contribution in [1.82, 2.24) is 13.7 Å². The maximum absolute atomic E-state index is 5.09. The van der Waals surface area contributed by atoms with Crippen LogP contribution in [0, 0.1) is 0 Å². The summed E-state index contributed by atoms with van der Waals surface area (Å²) < 4.78 is 1.67. The van der Waals surface area contributed by atoms with Crippen LogP contribution in [-0.4, -0.2) is 46.9 Å². The molecule has 0 radical (unpaired) electrons. The zero-order valence-electron chi connectivity index (χ0n) is 7.94. The van der Waals surface area contributed by atoms with E-state index in [2.05, 4.69) is 4.93 Å². The number of hydrogen-bond donors (Lipinski definition) is 0. The molecule has 0 aliphatic carbocycles. The molecule has 0 N–H and O–H groups in total. The first-order chi connectivity index (χ1) is 5.60. The van der Waals surface area contributed by atoms with E-state index in [0.29, 0.717) is 0 Å². The summed E-state index contributed by atoms with van der Waals surface area (Å²) >= 11 is -0.130. The van der Waals surface area contributed by atoms with Crippen LogP contribution in [0.25, 0.3) is 0 Å². The van der Waals surface area contributed by atoms with Crippen LogP contribution in [0.2, 0.25) is 0 Å². The van der Waals surface area contributed by atoms with Crippen LogP contribution in [0.3, 0.4) is 0 Å². The molecule has 0 fully saturated rings. The average molecular weight is 292 g/mol. The molecule has 0 rings (SSSR count). The van der Waals surface area contributed by atoms with Crippen LogP contribution in [0.4, 0.5) is 0 Å². The van der Waals surface area contributed by atoms with Crippen molar-refractivity contribution in [2.45, 2.75) is 0 Å². The molecule has 0 unspecified atom stereocenters. The van der Waals surface area contributed by atoms with Crippen LogP contribution in [0.5, 0.6) is 0 Å². The molecule has 0 spiro atoms. The molecule has 0 atom stereocenters. The van der Waals surface area contributed by atoms with Crippen molar-refractivity contribution in [2.75, 3.05) is 33.2 Å². The van der Waals surface area contributed by atoms with Gasteiger partial charge in [0.05, 0.1) is 0 Å². The molecule has 0 aromatic rings. The van der Waals surface area contributed by atoms with Gasteiger partial charge < -0.3 is 0 Å². The number of halogens is 1. The molecule has 76 valence electrons. The van der Waals surface area contributed by atoms with E-state index in [1.54, 1.807) is 17.4 Å². The molecule has 0 saturated carbocycles. The summed E-state index contributed by atoms with van der Waals surface area (Å²) in [6.07, 6.45) is 0. The van der Waals surface area contributed by atoms with Crippen molar-refractivity contribution < 1.29 is 36.2 Å². The van der Waals surface area contributed by atoms with E-state index in [-0.39, 0.29) is 21.5 Å². The molecule has 0 aromatic heterocycles. The van der Waals surface area contributed by atoms with E-state index < -0.39 is 0 Å². The Morgan fingerprint density at radius 2 is 1.67 bits per heavy atom. The molecule has 0 amide bonds. The first-order valence-corrected chi connectivity index (χ1v) is 6.33. The Hall–Kier alpha value is 0.490. The van der Waals surface area contributed by atoms with Crippen molar-refractivity contribution in [1.29, 1.82) is 0 Å². The van der Waals surface area contributed by atoms with Gasteiger partial charge in [-0.15, -0.1) is 0 Å². The number of rotatable bonds is 6. The van der Waals surface area contributed by atoms with E-state index in [1.165, 1.54) is 12.2 Å². The van der Waals surface area contributed by atoms with E-state index >= 15 is 0 Å². The molecular formula is C5H15IN3O3-. The van der Waals surface area contributed by atoms with Crippen molar-refractivity contribution in [3.63, 3.8) is 0 Å². The topological polar surface area (TPSA) is 37.4 Å². The van der Waals surface area contributed by atoms with Gasteiger partial charge in [-0.25, -0.2) is 0 Å². The first kappa shape index (κ1) is 12.5. The fraction of sp³-hybridized carbons (Fsp3) is 1.00. The molecule has 0 heterocycles. The van der Waals surface area contributed by atoms with Crippen molar-refractivity contribution in [3.8, 4) is 0 Å². The predicted molar refractivity (Wildman–Crippen MR) is 38.4 cm³/mol. The van der Waals surface area contributed by atoms with Crippen LogP contribution in [-0.2, 0) is 14.7 Å². The third-order valence-corrected chi connectivity index (χ3v) is 2.33. The Bertz CT molecular complexity index is 116. The molecule has 0 saturated heterocycles. The van der Waals surface area contributed by atoms with Gasteiger partial charge in [0.2, 0.25) is 0 Å². The monoisotopic (exact) mass is 292 g/mol. The Morgan fingerprint density at radius 3 is 2.00 bits per heavy atom. The second-order valence-corrected chi connectivity index (χ2v) is 4.30. The van der Waals surface area contributed by atoms with Gasteiger partial charge in [-0.2, -0.15) is 0 Å². The Labute approximate surface area is 83.3 Å². The van der Waals surface area contributed by atoms with Crippen LogP contribution >= 0.6 is 0 Å². The van der Waals surface area contributed by atoms with Crippen molar-refractivity contribution in [2.24, 2.45) is 0 Å². The predicted octanol–water partition coefficient (Wildman–Crippen LogP) is -3.33. The summed E-state index contributed by atoms with van der Waals surface area (Å²) in [5, 5.41) is 2.40. The average Bonchev–Trinajstić information content (AvgIpc) is 2.02. The van der Waals surface area contributed by atoms with Crippen LogP contribution < -0.4 is 21.5 Å². The van der Waals surface area contributed by atoms with Crippen molar-refractivity contribution >= 4 is 0 Å². The summed E-state index contributed by atoms with van der Waals surface area (Å²) in [5.74, 6) is 0. The molecular weight excluding hydrogens is 277 g/mol. The third-order valence-electron chi connectivity index (χ3n) is 0.796. The minimum atomic E-state index is -0.130. The van der Waals surface area contributed by atoms with Gasteiger partial charge in [0, 0.05) is 0 Å². The van der Waals surface area contributed by atoms with Gasteiger partial charge in [-0.3, -0.25) is 0 Å². The minimum absolute atomic E-state index is 0.130. The van der Waals surface area contributed by atoms with E-state index in [0.717, 1.165) is 5.39 Å². The van der Waals surface area contributed by atoms with Gasteiger partial charge >= 0.3 is 83.1 Å². The Morgan fingerprint density at radius 1 is 1.08 bits per heavy atom. The SMILES string of the molecule is CON(ON(C)C)ON(C)[I-]C. The molecule has 0 aromatic carbocycles. The summed E-state index contributed by atoms with van der Waals surface area (Å²) in [7, 11) is 6.75. The first-order valence-electron chi connectivity index (χ1n) is 3.21. The molecule has 0 aliphatic heterocycles. The summed E-state index contributed by atoms with van der Waals surface area (Å²) in [6, 6.07) is 0. The van der Waals surface area contributed by atoms with Crippen LogP contribution in [0.1, 0.15) is 0 Å². The zero-order chi connectivity index (χ0) is 9.56. The molecule has 0 aliphatic rings. The second kappa shape index (κ2) is 6.95. The van der Waals surface area contributed by atoms with Crippen LogP contribution in [0.15, 0.2) is 0 Å². The fourth-order valence-electron chi connectivity index (χ4n) is 0.338. The van der Waals surface area contributed by atoms with E-state index in [1.807, 2.05) is 7.05 Å². The van der Waals surface area contributed by atoms with Gasteiger partial charge in [0.25, 0.3) is 0 Å². The van der Waals surface area contributed by atoms with Gasteiger partial charge in [0.15, 0.2) is 0 Å². The standard InChI is InChI=1S/C5H15IN3O3/c1-6-8(4)12-9(10-5)11-7(2)3/h1-5H3/q-1. The third kappa shape index (κ3) is 6.06. The molecule has 6 nitrogen and oxygen atoms in total.